The summed E-state index contributed by atoms with van der Waals surface area (Å²) >= 11 is -1.32. The van der Waals surface area contributed by atoms with E-state index in [-0.39, 0.29) is 0 Å². The topological polar surface area (TPSA) is 12.4 Å². The molecule has 0 saturated heterocycles. The van der Waals surface area contributed by atoms with E-state index in [1.165, 1.54) is 82.6 Å². The van der Waals surface area contributed by atoms with E-state index in [4.69, 9.17) is 22.8 Å². The molecule has 0 spiro atoms. The Balaban J connectivity index is 0.000000945. The van der Waals surface area contributed by atoms with Crippen LogP contribution in [0.15, 0.2) is 23.2 Å². The van der Waals surface area contributed by atoms with E-state index in [9.17, 15) is 0 Å². The van der Waals surface area contributed by atoms with Crippen molar-refractivity contribution in [1.82, 2.24) is 0 Å². The van der Waals surface area contributed by atoms with Gasteiger partial charge in [-0.25, -0.2) is 0 Å². The zero-order valence-corrected chi connectivity index (χ0v) is 26.4. The monoisotopic (exact) mass is 621 g/mol. The second-order valence-electron chi connectivity index (χ2n) is 12.0. The molecule has 1 aromatic rings. The molecule has 3 rings (SSSR count). The molecule has 2 aliphatic rings. The van der Waals surface area contributed by atoms with Gasteiger partial charge in [-0.2, -0.15) is 0 Å². The fraction of sp³-hybridized carbons (Fsp3) is 0.767. The van der Waals surface area contributed by atoms with E-state index in [0.717, 1.165) is 11.8 Å². The third-order valence-corrected chi connectivity index (χ3v) is 7.75. The third kappa shape index (κ3) is 11.1. The van der Waals surface area contributed by atoms with Crippen LogP contribution in [-0.4, -0.2) is 17.2 Å². The average Bonchev–Trinajstić information content (AvgIpc) is 2.72. The van der Waals surface area contributed by atoms with Crippen LogP contribution in [0.25, 0.3) is 0 Å². The van der Waals surface area contributed by atoms with E-state index in [0.29, 0.717) is 17.4 Å². The second kappa shape index (κ2) is 15.5. The van der Waals surface area contributed by atoms with Crippen LogP contribution >= 0.6 is 35.4 Å². The number of rotatable bonds is 5. The molecule has 0 heterocycles. The van der Waals surface area contributed by atoms with Gasteiger partial charge >= 0.3 is 40.3 Å². The van der Waals surface area contributed by atoms with Gasteiger partial charge in [0.25, 0.3) is 0 Å². The molecular formula is C30H50Cl2IN. The third-order valence-electron chi connectivity index (χ3n) is 7.75. The molecule has 0 aliphatic heterocycles. The van der Waals surface area contributed by atoms with E-state index < -0.39 is 17.6 Å². The van der Waals surface area contributed by atoms with Crippen LogP contribution in [-0.2, 0) is 6.42 Å². The summed E-state index contributed by atoms with van der Waals surface area (Å²) in [7, 11) is 10.4. The molecule has 34 heavy (non-hydrogen) atoms. The molecule has 1 nitrogen and oxygen atoms in total. The van der Waals surface area contributed by atoms with Crippen LogP contribution in [0.4, 0.5) is 0 Å². The Labute approximate surface area is 226 Å². The summed E-state index contributed by atoms with van der Waals surface area (Å²) in [6.45, 7) is 11.9. The van der Waals surface area contributed by atoms with Crippen molar-refractivity contribution in [3.05, 3.63) is 34.9 Å². The molecule has 0 bridgehead atoms. The maximum atomic E-state index is 5.20. The van der Waals surface area contributed by atoms with Gasteiger partial charge in [-0.15, -0.1) is 0 Å². The fourth-order valence-electron chi connectivity index (χ4n) is 5.81. The summed E-state index contributed by atoms with van der Waals surface area (Å²) in [6.07, 6.45) is 18.5. The van der Waals surface area contributed by atoms with Crippen LogP contribution in [0.2, 0.25) is 0 Å². The average molecular weight is 623 g/mol. The summed E-state index contributed by atoms with van der Waals surface area (Å²) in [5.74, 6) is 2.31. The zero-order chi connectivity index (χ0) is 25.1. The van der Waals surface area contributed by atoms with Gasteiger partial charge in [0.2, 0.25) is 0 Å². The molecule has 0 aromatic heterocycles. The van der Waals surface area contributed by atoms with Crippen molar-refractivity contribution in [2.45, 2.75) is 124 Å². The Morgan fingerprint density at radius 1 is 0.941 bits per heavy atom. The van der Waals surface area contributed by atoms with Gasteiger partial charge in [-0.05, 0) is 84.8 Å². The number of benzene rings is 1. The van der Waals surface area contributed by atoms with Crippen LogP contribution in [0, 0.1) is 17.3 Å². The van der Waals surface area contributed by atoms with Gasteiger partial charge in [0.1, 0.15) is 0 Å². The van der Waals surface area contributed by atoms with Crippen LogP contribution in [0.5, 0.6) is 0 Å². The van der Waals surface area contributed by atoms with E-state index >= 15 is 0 Å². The summed E-state index contributed by atoms with van der Waals surface area (Å²) < 4.78 is 0. The van der Waals surface area contributed by atoms with Gasteiger partial charge < -0.3 is 0 Å². The first kappa shape index (κ1) is 30.4. The molecule has 0 radical (unpaired) electrons. The molecule has 4 heteroatoms. The van der Waals surface area contributed by atoms with Crippen molar-refractivity contribution >= 4 is 41.6 Å². The minimum absolute atomic E-state index is 0.449. The minimum atomic E-state index is -1.32. The first-order chi connectivity index (χ1) is 16.1. The summed E-state index contributed by atoms with van der Waals surface area (Å²) in [5.41, 5.74) is 5.10. The molecule has 2 aliphatic carbocycles. The summed E-state index contributed by atoms with van der Waals surface area (Å²) in [5, 5.41) is 0. The molecule has 196 valence electrons. The van der Waals surface area contributed by atoms with Crippen molar-refractivity contribution in [3.8, 4) is 0 Å². The molecule has 2 saturated carbocycles. The Bertz CT molecular complexity index is 719. The van der Waals surface area contributed by atoms with Crippen molar-refractivity contribution in [2.75, 3.05) is 4.93 Å². The zero-order valence-electron chi connectivity index (χ0n) is 22.7. The molecule has 2 fully saturated rings. The Kier molecular flexibility index (Phi) is 13.8. The van der Waals surface area contributed by atoms with Gasteiger partial charge in [0.15, 0.2) is 0 Å². The number of aliphatic imine (C=N–C) groups is 1. The summed E-state index contributed by atoms with van der Waals surface area (Å²) in [6, 6.07) is 7.60. The number of halogens is 3. The quantitative estimate of drug-likeness (QED) is 0.176. The number of nitrogens with zero attached hydrogens (tertiary/aromatic N) is 1. The normalized spacial score (nSPS) is 23.3. The maximum absolute atomic E-state index is 5.20. The van der Waals surface area contributed by atoms with Crippen molar-refractivity contribution < 1.29 is 0 Å². The van der Waals surface area contributed by atoms with Gasteiger partial charge in [-0.1, -0.05) is 84.9 Å². The summed E-state index contributed by atoms with van der Waals surface area (Å²) in [4.78, 5) is 6.99. The van der Waals surface area contributed by atoms with Crippen molar-refractivity contribution in [2.24, 2.45) is 22.2 Å². The van der Waals surface area contributed by atoms with Gasteiger partial charge in [0, 0.05) is 12.3 Å². The predicted molar refractivity (Wildman–Crippen MR) is 164 cm³/mol. The molecule has 0 N–H and O–H groups in total. The fourth-order valence-corrected chi connectivity index (χ4v) is 5.81. The van der Waals surface area contributed by atoms with Crippen LogP contribution in [0.3, 0.4) is 0 Å². The number of hydrogen-bond donors (Lipinski definition) is 0. The molecule has 0 amide bonds. The Morgan fingerprint density at radius 2 is 1.50 bits per heavy atom. The first-order valence-corrected chi connectivity index (χ1v) is 21.3. The first-order valence-electron chi connectivity index (χ1n) is 13.7. The van der Waals surface area contributed by atoms with E-state index in [2.05, 4.69) is 59.0 Å². The SMILES string of the molecule is CC(C)Cc1c(C=NC2CCC(C(C)(C)C)CC2)cccc1C1CCCCCCC1.CI(Cl)Cl. The number of alkyl halides is 1. The standard InChI is InChI=1S/C29H47N.CH3Cl2I/c1-22(2)20-28-24(21-30-26-18-16-25(17-19-26)29(3,4)5)14-11-15-27(28)23-12-9-7-6-8-10-13-23;1-4(2)3/h11,14-15,21-23,25-26H,6-10,12-13,16-20H2,1-5H3;1H3. The van der Waals surface area contributed by atoms with Crippen molar-refractivity contribution in [3.63, 3.8) is 0 Å². The van der Waals surface area contributed by atoms with Gasteiger partial charge in [0.05, 0.1) is 0 Å². The van der Waals surface area contributed by atoms with Gasteiger partial charge in [-0.3, -0.25) is 4.99 Å². The Morgan fingerprint density at radius 3 is 2.03 bits per heavy atom. The van der Waals surface area contributed by atoms with Crippen LogP contribution < -0.4 is 0 Å². The second-order valence-corrected chi connectivity index (χ2v) is 20.7. The molecular weight excluding hydrogens is 572 g/mol. The van der Waals surface area contributed by atoms with Crippen LogP contribution in [0.1, 0.15) is 128 Å². The Hall–Kier alpha value is 0.200. The number of hydrogen-bond acceptors (Lipinski definition) is 1. The molecule has 1 aromatic carbocycles. The molecule has 0 atom stereocenters. The van der Waals surface area contributed by atoms with E-state index in [1.807, 2.05) is 4.93 Å². The van der Waals surface area contributed by atoms with E-state index in [1.54, 1.807) is 11.1 Å². The predicted octanol–water partition coefficient (Wildman–Crippen LogP) is 11.2. The van der Waals surface area contributed by atoms with Crippen molar-refractivity contribution in [1.29, 1.82) is 0 Å². The molecule has 0 unspecified atom stereocenters.